The Kier molecular flexibility index (Phi) is 8.06. The fourth-order valence-corrected chi connectivity index (χ4v) is 3.01. The van der Waals surface area contributed by atoms with Crippen molar-refractivity contribution in [3.05, 3.63) is 35.9 Å². The Morgan fingerprint density at radius 3 is 2.61 bits per heavy atom. The van der Waals surface area contributed by atoms with E-state index in [0.29, 0.717) is 25.3 Å². The van der Waals surface area contributed by atoms with Gasteiger partial charge in [-0.25, -0.2) is 0 Å². The molecule has 1 aromatic rings. The van der Waals surface area contributed by atoms with E-state index in [4.69, 9.17) is 11.5 Å². The molecule has 1 saturated heterocycles. The van der Waals surface area contributed by atoms with E-state index >= 15 is 0 Å². The molecule has 1 heterocycles. The minimum Gasteiger partial charge on any atom is -0.370 e. The number of carbonyl (C=O) groups excluding carboxylic acids is 2. The summed E-state index contributed by atoms with van der Waals surface area (Å²) in [5.41, 5.74) is 12.3. The molecule has 2 atom stereocenters. The molecular formula is C17H26ClN3O2. The predicted octanol–water partition coefficient (Wildman–Crippen LogP) is 2.00. The Hall–Kier alpha value is -1.59. The van der Waals surface area contributed by atoms with Gasteiger partial charge >= 0.3 is 0 Å². The zero-order valence-electron chi connectivity index (χ0n) is 13.3. The predicted molar refractivity (Wildman–Crippen MR) is 93.0 cm³/mol. The largest absolute Gasteiger partial charge is 0.370 e. The van der Waals surface area contributed by atoms with Gasteiger partial charge in [-0.05, 0) is 30.7 Å². The van der Waals surface area contributed by atoms with Gasteiger partial charge in [0.2, 0.25) is 11.8 Å². The van der Waals surface area contributed by atoms with Crippen molar-refractivity contribution in [3.8, 4) is 0 Å². The van der Waals surface area contributed by atoms with Crippen molar-refractivity contribution in [2.75, 3.05) is 13.1 Å². The summed E-state index contributed by atoms with van der Waals surface area (Å²) in [4.78, 5) is 25.2. The van der Waals surface area contributed by atoms with Crippen LogP contribution in [0.5, 0.6) is 0 Å². The van der Waals surface area contributed by atoms with Crippen LogP contribution in [0.1, 0.15) is 43.7 Å². The maximum Gasteiger partial charge on any atom is 0.224 e. The van der Waals surface area contributed by atoms with Gasteiger partial charge in [-0.2, -0.15) is 0 Å². The number of halogens is 1. The van der Waals surface area contributed by atoms with Gasteiger partial charge in [-0.15, -0.1) is 12.4 Å². The lowest BCUT2D eigenvalue weighted by molar-refractivity contribution is -0.133. The van der Waals surface area contributed by atoms with Gasteiger partial charge < -0.3 is 16.4 Å². The fraction of sp³-hybridized carbons (Fsp3) is 0.529. The summed E-state index contributed by atoms with van der Waals surface area (Å²) in [6, 6.07) is 9.43. The van der Waals surface area contributed by atoms with Gasteiger partial charge in [0.1, 0.15) is 0 Å². The van der Waals surface area contributed by atoms with Gasteiger partial charge in [0, 0.05) is 32.0 Å². The lowest BCUT2D eigenvalue weighted by atomic mass is 9.92. The van der Waals surface area contributed by atoms with E-state index in [9.17, 15) is 9.59 Å². The second-order valence-corrected chi connectivity index (χ2v) is 6.07. The highest BCUT2D eigenvalue weighted by atomic mass is 35.5. The molecule has 0 radical (unpaired) electrons. The number of primary amides is 1. The van der Waals surface area contributed by atoms with Crippen LogP contribution in [0, 0.1) is 5.92 Å². The summed E-state index contributed by atoms with van der Waals surface area (Å²) in [6.07, 6.45) is 3.53. The van der Waals surface area contributed by atoms with Crippen molar-refractivity contribution < 1.29 is 9.59 Å². The highest BCUT2D eigenvalue weighted by Gasteiger charge is 2.25. The highest BCUT2D eigenvalue weighted by molar-refractivity contribution is 5.85. The zero-order valence-corrected chi connectivity index (χ0v) is 14.1. The van der Waals surface area contributed by atoms with Crippen LogP contribution in [-0.4, -0.2) is 29.8 Å². The second-order valence-electron chi connectivity index (χ2n) is 6.07. The molecule has 2 amide bonds. The lowest BCUT2D eigenvalue weighted by Gasteiger charge is -2.33. The molecule has 1 aliphatic rings. The minimum absolute atomic E-state index is 0. The third kappa shape index (κ3) is 6.20. The molecular weight excluding hydrogens is 314 g/mol. The Balaban J connectivity index is 0.00000264. The Labute approximate surface area is 143 Å². The van der Waals surface area contributed by atoms with Crippen molar-refractivity contribution in [2.45, 2.75) is 38.1 Å². The molecule has 128 valence electrons. The molecule has 0 bridgehead atoms. The Morgan fingerprint density at radius 1 is 1.26 bits per heavy atom. The molecule has 4 N–H and O–H groups in total. The van der Waals surface area contributed by atoms with E-state index in [2.05, 4.69) is 0 Å². The molecule has 2 unspecified atom stereocenters. The van der Waals surface area contributed by atoms with E-state index in [0.717, 1.165) is 31.4 Å². The van der Waals surface area contributed by atoms with Gasteiger partial charge in [0.15, 0.2) is 0 Å². The molecule has 1 aliphatic heterocycles. The number of hydrogen-bond acceptors (Lipinski definition) is 3. The fourth-order valence-electron chi connectivity index (χ4n) is 3.01. The van der Waals surface area contributed by atoms with Gasteiger partial charge in [-0.1, -0.05) is 30.3 Å². The van der Waals surface area contributed by atoms with Crippen molar-refractivity contribution in [3.63, 3.8) is 0 Å². The number of piperidine rings is 1. The van der Waals surface area contributed by atoms with Crippen molar-refractivity contribution in [2.24, 2.45) is 17.4 Å². The Bertz CT molecular complexity index is 510. The maximum absolute atomic E-state index is 12.4. The third-order valence-corrected chi connectivity index (χ3v) is 4.29. The summed E-state index contributed by atoms with van der Waals surface area (Å²) in [7, 11) is 0. The molecule has 0 spiro atoms. The van der Waals surface area contributed by atoms with E-state index in [1.165, 1.54) is 0 Å². The van der Waals surface area contributed by atoms with Crippen molar-refractivity contribution in [1.82, 2.24) is 4.90 Å². The number of hydrogen-bond donors (Lipinski definition) is 2. The number of amides is 2. The van der Waals surface area contributed by atoms with Crippen molar-refractivity contribution >= 4 is 24.2 Å². The highest BCUT2D eigenvalue weighted by Crippen LogP contribution is 2.23. The number of likely N-dealkylation sites (tertiary alicyclic amines) is 1. The normalized spacial score (nSPS) is 18.8. The van der Waals surface area contributed by atoms with Crippen LogP contribution in [0.4, 0.5) is 0 Å². The number of carbonyl (C=O) groups is 2. The number of nitrogens with zero attached hydrogens (tertiary/aromatic N) is 1. The summed E-state index contributed by atoms with van der Waals surface area (Å²) in [6.45, 7) is 1.50. The number of benzene rings is 1. The second kappa shape index (κ2) is 9.53. The van der Waals surface area contributed by atoms with Gasteiger partial charge in [0.25, 0.3) is 0 Å². The first kappa shape index (κ1) is 19.5. The quantitative estimate of drug-likeness (QED) is 0.830. The first-order chi connectivity index (χ1) is 10.6. The number of nitrogens with two attached hydrogens (primary N) is 2. The van der Waals surface area contributed by atoms with Crippen molar-refractivity contribution in [1.29, 1.82) is 0 Å². The monoisotopic (exact) mass is 339 g/mol. The molecule has 2 rings (SSSR count). The molecule has 0 aliphatic carbocycles. The Morgan fingerprint density at radius 2 is 1.96 bits per heavy atom. The summed E-state index contributed by atoms with van der Waals surface area (Å²) < 4.78 is 0. The van der Waals surface area contributed by atoms with E-state index < -0.39 is 0 Å². The average molecular weight is 340 g/mol. The summed E-state index contributed by atoms with van der Waals surface area (Å²) >= 11 is 0. The van der Waals surface area contributed by atoms with Crippen LogP contribution in [0.2, 0.25) is 0 Å². The van der Waals surface area contributed by atoms with Gasteiger partial charge in [0.05, 0.1) is 0 Å². The third-order valence-electron chi connectivity index (χ3n) is 4.29. The summed E-state index contributed by atoms with van der Waals surface area (Å²) in [5, 5.41) is 0. The van der Waals surface area contributed by atoms with Crippen LogP contribution in [0.15, 0.2) is 30.3 Å². The smallest absolute Gasteiger partial charge is 0.224 e. The molecule has 5 nitrogen and oxygen atoms in total. The molecule has 1 fully saturated rings. The van der Waals surface area contributed by atoms with E-state index in [-0.39, 0.29) is 30.3 Å². The number of rotatable bonds is 6. The average Bonchev–Trinajstić information content (AvgIpc) is 2.54. The minimum atomic E-state index is -0.269. The van der Waals surface area contributed by atoms with Crippen LogP contribution in [0.3, 0.4) is 0 Å². The first-order valence-corrected chi connectivity index (χ1v) is 7.93. The van der Waals surface area contributed by atoms with Gasteiger partial charge in [-0.3, -0.25) is 9.59 Å². The molecule has 23 heavy (non-hydrogen) atoms. The SMILES string of the molecule is Cl.NC(=O)CCC1CCCN(C(=O)CC(N)c2ccccc2)C1. The van der Waals surface area contributed by atoms with Crippen LogP contribution >= 0.6 is 12.4 Å². The first-order valence-electron chi connectivity index (χ1n) is 7.93. The summed E-state index contributed by atoms with van der Waals surface area (Å²) in [5.74, 6) is 0.202. The molecule has 0 aromatic heterocycles. The van der Waals surface area contributed by atoms with Crippen LogP contribution in [0.25, 0.3) is 0 Å². The van der Waals surface area contributed by atoms with Crippen LogP contribution < -0.4 is 11.5 Å². The lowest BCUT2D eigenvalue weighted by Crippen LogP contribution is -2.41. The maximum atomic E-state index is 12.4. The molecule has 6 heteroatoms. The standard InChI is InChI=1S/C17H25N3O2.ClH/c18-15(14-6-2-1-3-7-14)11-17(22)20-10-4-5-13(12-20)8-9-16(19)21;/h1-3,6-7,13,15H,4-5,8-12,18H2,(H2,19,21);1H. The zero-order chi connectivity index (χ0) is 15.9. The molecule has 0 saturated carbocycles. The van der Waals surface area contributed by atoms with E-state index in [1.807, 2.05) is 35.2 Å². The topological polar surface area (TPSA) is 89.4 Å². The molecule has 1 aromatic carbocycles. The van der Waals surface area contributed by atoms with E-state index in [1.54, 1.807) is 0 Å². The van der Waals surface area contributed by atoms with Crippen LogP contribution in [-0.2, 0) is 9.59 Å².